The van der Waals surface area contributed by atoms with Crippen LogP contribution < -0.4 is 0 Å². The summed E-state index contributed by atoms with van der Waals surface area (Å²) in [5.74, 6) is 1.58. The Hall–Kier alpha value is -0.520. The number of allylic oxidation sites excluding steroid dienone is 4. The van der Waals surface area contributed by atoms with Gasteiger partial charge in [0.05, 0.1) is 0 Å². The van der Waals surface area contributed by atoms with Crippen LogP contribution in [0, 0.1) is 11.8 Å². The number of hydrogen-bond acceptors (Lipinski definition) is 0. The summed E-state index contributed by atoms with van der Waals surface area (Å²) in [5.41, 5.74) is 3.38. The topological polar surface area (TPSA) is 0 Å². The Kier molecular flexibility index (Phi) is 1.63. The molecule has 0 heterocycles. The first kappa shape index (κ1) is 7.15. The van der Waals surface area contributed by atoms with E-state index in [4.69, 9.17) is 0 Å². The molecule has 0 saturated carbocycles. The second kappa shape index (κ2) is 2.51. The van der Waals surface area contributed by atoms with Crippen LogP contribution in [0.4, 0.5) is 0 Å². The van der Waals surface area contributed by atoms with Crippen LogP contribution in [-0.2, 0) is 0 Å². The van der Waals surface area contributed by atoms with Gasteiger partial charge >= 0.3 is 0 Å². The third-order valence-corrected chi connectivity index (χ3v) is 3.10. The Balaban J connectivity index is 2.32. The van der Waals surface area contributed by atoms with Crippen molar-refractivity contribution < 1.29 is 0 Å². The maximum absolute atomic E-state index is 2.36. The highest BCUT2D eigenvalue weighted by Gasteiger charge is 2.23. The van der Waals surface area contributed by atoms with Crippen LogP contribution in [0.1, 0.15) is 33.1 Å². The van der Waals surface area contributed by atoms with Crippen molar-refractivity contribution in [2.24, 2.45) is 11.8 Å². The van der Waals surface area contributed by atoms with Gasteiger partial charge in [0, 0.05) is 0 Å². The minimum atomic E-state index is 0.743. The molecule has 0 bridgehead atoms. The zero-order chi connectivity index (χ0) is 7.84. The van der Waals surface area contributed by atoms with Crippen LogP contribution in [0.5, 0.6) is 0 Å². The molecule has 0 heteroatoms. The van der Waals surface area contributed by atoms with Gasteiger partial charge in [-0.05, 0) is 36.7 Å². The van der Waals surface area contributed by atoms with Crippen molar-refractivity contribution in [2.75, 3.05) is 0 Å². The van der Waals surface area contributed by atoms with Crippen molar-refractivity contribution in [3.63, 3.8) is 0 Å². The van der Waals surface area contributed by atoms with Crippen molar-refractivity contribution >= 4 is 0 Å². The van der Waals surface area contributed by atoms with Crippen LogP contribution in [0.2, 0.25) is 0 Å². The fourth-order valence-electron chi connectivity index (χ4n) is 2.34. The zero-order valence-electron chi connectivity index (χ0n) is 7.43. The maximum atomic E-state index is 2.36. The second-order valence-electron chi connectivity index (χ2n) is 3.92. The lowest BCUT2D eigenvalue weighted by atomic mass is 9.83. The predicted octanol–water partition coefficient (Wildman–Crippen LogP) is 3.31. The molecule has 2 rings (SSSR count). The summed E-state index contributed by atoms with van der Waals surface area (Å²) in [5, 5.41) is 0. The zero-order valence-corrected chi connectivity index (χ0v) is 7.43. The van der Waals surface area contributed by atoms with Gasteiger partial charge in [0.25, 0.3) is 0 Å². The van der Waals surface area contributed by atoms with E-state index in [-0.39, 0.29) is 0 Å². The van der Waals surface area contributed by atoms with Crippen molar-refractivity contribution in [3.05, 3.63) is 23.3 Å². The van der Waals surface area contributed by atoms with E-state index in [1.165, 1.54) is 19.3 Å². The molecular formula is C11H16. The summed E-state index contributed by atoms with van der Waals surface area (Å²) in [4.78, 5) is 0. The molecule has 0 N–H and O–H groups in total. The van der Waals surface area contributed by atoms with E-state index in [2.05, 4.69) is 26.0 Å². The summed E-state index contributed by atoms with van der Waals surface area (Å²) in [7, 11) is 0. The molecule has 0 aromatic rings. The van der Waals surface area contributed by atoms with Crippen LogP contribution in [-0.4, -0.2) is 0 Å². The lowest BCUT2D eigenvalue weighted by molar-refractivity contribution is 0.533. The highest BCUT2D eigenvalue weighted by Crippen LogP contribution is 2.38. The summed E-state index contributed by atoms with van der Waals surface area (Å²) < 4.78 is 0. The monoisotopic (exact) mass is 148 g/mol. The summed E-state index contributed by atoms with van der Waals surface area (Å²) in [6.07, 6.45) is 8.87. The molecule has 2 atom stereocenters. The third-order valence-electron chi connectivity index (χ3n) is 3.10. The van der Waals surface area contributed by atoms with Gasteiger partial charge in [-0.3, -0.25) is 0 Å². The molecule has 60 valence electrons. The molecule has 0 aromatic carbocycles. The molecule has 0 amide bonds. The fraction of sp³-hybridized carbons (Fsp3) is 0.636. The lowest BCUT2D eigenvalue weighted by Gasteiger charge is -2.22. The highest BCUT2D eigenvalue weighted by molar-refractivity contribution is 5.39. The summed E-state index contributed by atoms with van der Waals surface area (Å²) in [6.45, 7) is 4.67. The van der Waals surface area contributed by atoms with E-state index in [9.17, 15) is 0 Å². The van der Waals surface area contributed by atoms with E-state index in [1.807, 2.05) is 0 Å². The van der Waals surface area contributed by atoms with Gasteiger partial charge in [-0.25, -0.2) is 0 Å². The average Bonchev–Trinajstić information content (AvgIpc) is 2.35. The fourth-order valence-corrected chi connectivity index (χ4v) is 2.34. The van der Waals surface area contributed by atoms with Gasteiger partial charge in [0.1, 0.15) is 0 Å². The van der Waals surface area contributed by atoms with Crippen molar-refractivity contribution in [1.29, 1.82) is 0 Å². The molecule has 2 unspecified atom stereocenters. The highest BCUT2D eigenvalue weighted by atomic mass is 14.3. The molecule has 0 aliphatic heterocycles. The van der Waals surface area contributed by atoms with Gasteiger partial charge < -0.3 is 0 Å². The van der Waals surface area contributed by atoms with Gasteiger partial charge in [0.2, 0.25) is 0 Å². The Morgan fingerprint density at radius 2 is 2.18 bits per heavy atom. The van der Waals surface area contributed by atoms with Crippen molar-refractivity contribution in [3.8, 4) is 0 Å². The molecule has 11 heavy (non-hydrogen) atoms. The summed E-state index contributed by atoms with van der Waals surface area (Å²) in [6, 6.07) is 0. The van der Waals surface area contributed by atoms with Crippen LogP contribution in [0.25, 0.3) is 0 Å². The van der Waals surface area contributed by atoms with E-state index >= 15 is 0 Å². The van der Waals surface area contributed by atoms with E-state index in [0.29, 0.717) is 0 Å². The van der Waals surface area contributed by atoms with E-state index in [1.54, 1.807) is 11.1 Å². The Labute approximate surface area is 69.0 Å². The first-order valence-corrected chi connectivity index (χ1v) is 4.70. The molecule has 0 nitrogen and oxygen atoms in total. The standard InChI is InChI=1S/C11H16/c1-8-4-3-5-10-9(2)6-7-11(8)10/h6-9H,3-5H2,1-2H3. The molecule has 0 radical (unpaired) electrons. The average molecular weight is 148 g/mol. The van der Waals surface area contributed by atoms with Gasteiger partial charge in [-0.15, -0.1) is 0 Å². The first-order chi connectivity index (χ1) is 5.29. The maximum Gasteiger partial charge on any atom is -0.00425 e. The Morgan fingerprint density at radius 1 is 1.36 bits per heavy atom. The smallest absolute Gasteiger partial charge is 0.00425 e. The predicted molar refractivity (Wildman–Crippen MR) is 48.3 cm³/mol. The van der Waals surface area contributed by atoms with Gasteiger partial charge in [-0.1, -0.05) is 31.6 Å². The molecular weight excluding hydrogens is 132 g/mol. The summed E-state index contributed by atoms with van der Waals surface area (Å²) >= 11 is 0. The van der Waals surface area contributed by atoms with Crippen molar-refractivity contribution in [1.82, 2.24) is 0 Å². The normalized spacial score (nSPS) is 36.2. The molecule has 0 aromatic heterocycles. The first-order valence-electron chi connectivity index (χ1n) is 4.70. The third kappa shape index (κ3) is 1.05. The number of rotatable bonds is 0. The minimum Gasteiger partial charge on any atom is -0.0773 e. The molecule has 2 aliphatic rings. The molecule has 2 aliphatic carbocycles. The van der Waals surface area contributed by atoms with E-state index in [0.717, 1.165) is 11.8 Å². The molecule has 0 saturated heterocycles. The lowest BCUT2D eigenvalue weighted by Crippen LogP contribution is -2.07. The van der Waals surface area contributed by atoms with Crippen LogP contribution in [0.15, 0.2) is 23.3 Å². The van der Waals surface area contributed by atoms with E-state index < -0.39 is 0 Å². The van der Waals surface area contributed by atoms with Crippen molar-refractivity contribution in [2.45, 2.75) is 33.1 Å². The van der Waals surface area contributed by atoms with Crippen LogP contribution >= 0.6 is 0 Å². The molecule has 0 spiro atoms. The second-order valence-corrected chi connectivity index (χ2v) is 3.92. The Bertz CT molecular complexity index is 220. The SMILES string of the molecule is CC1C=CC2=C1CCCC2C. The minimum absolute atomic E-state index is 0.743. The van der Waals surface area contributed by atoms with Gasteiger partial charge in [-0.2, -0.15) is 0 Å². The quantitative estimate of drug-likeness (QED) is 0.494. The Morgan fingerprint density at radius 3 is 2.91 bits per heavy atom. The molecule has 0 fully saturated rings. The van der Waals surface area contributed by atoms with Gasteiger partial charge in [0.15, 0.2) is 0 Å². The number of hydrogen-bond donors (Lipinski definition) is 0. The largest absolute Gasteiger partial charge is 0.0773 e. The van der Waals surface area contributed by atoms with Crippen LogP contribution in [0.3, 0.4) is 0 Å².